The highest BCUT2D eigenvalue weighted by Gasteiger charge is 2.55. The molecular formula is C19H20F4O12. The van der Waals surface area contributed by atoms with Crippen molar-refractivity contribution in [2.75, 3.05) is 39.6 Å². The second kappa shape index (κ2) is 15.0. The summed E-state index contributed by atoms with van der Waals surface area (Å²) in [6.45, 7) is 1.48. The van der Waals surface area contributed by atoms with Crippen molar-refractivity contribution in [3.63, 3.8) is 0 Å². The molecule has 0 aliphatic heterocycles. The van der Waals surface area contributed by atoms with Gasteiger partial charge in [0.05, 0.1) is 6.42 Å². The second-order valence-electron chi connectivity index (χ2n) is 5.92. The third kappa shape index (κ3) is 13.3. The third-order valence-corrected chi connectivity index (χ3v) is 3.20. The Balaban J connectivity index is 4.46. The lowest BCUT2D eigenvalue weighted by molar-refractivity contribution is -0.199. The summed E-state index contributed by atoms with van der Waals surface area (Å²) in [7, 11) is 0. The lowest BCUT2D eigenvalue weighted by Gasteiger charge is -2.20. The molecule has 0 saturated heterocycles. The molecule has 0 spiro atoms. The first-order valence-electron chi connectivity index (χ1n) is 9.25. The van der Waals surface area contributed by atoms with Crippen LogP contribution in [0.1, 0.15) is 6.42 Å². The van der Waals surface area contributed by atoms with Gasteiger partial charge in [0.25, 0.3) is 0 Å². The lowest BCUT2D eigenvalue weighted by Crippen LogP contribution is -2.43. The van der Waals surface area contributed by atoms with E-state index < -0.39 is 93.7 Å². The van der Waals surface area contributed by atoms with Crippen LogP contribution in [0.25, 0.3) is 0 Å². The maximum Gasteiger partial charge on any atom is 0.377 e. The summed E-state index contributed by atoms with van der Waals surface area (Å²) in [5.74, 6) is -19.5. The van der Waals surface area contributed by atoms with Gasteiger partial charge < -0.3 is 28.4 Å². The first-order valence-corrected chi connectivity index (χ1v) is 9.25. The van der Waals surface area contributed by atoms with Crippen LogP contribution < -0.4 is 0 Å². The summed E-state index contributed by atoms with van der Waals surface area (Å²) in [5, 5.41) is 0. The van der Waals surface area contributed by atoms with Gasteiger partial charge in [0.2, 0.25) is 0 Å². The Morgan fingerprint density at radius 1 is 0.571 bits per heavy atom. The van der Waals surface area contributed by atoms with Crippen molar-refractivity contribution in [1.82, 2.24) is 0 Å². The number of esters is 6. The van der Waals surface area contributed by atoms with Crippen LogP contribution in [0.15, 0.2) is 25.3 Å². The van der Waals surface area contributed by atoms with E-state index in [9.17, 15) is 46.3 Å². The normalized spacial score (nSPS) is 10.9. The number of carbonyl (C=O) groups excluding carboxylic acids is 6. The van der Waals surface area contributed by atoms with Crippen LogP contribution >= 0.6 is 0 Å². The number of hydrogen-bond acceptors (Lipinski definition) is 12. The fourth-order valence-corrected chi connectivity index (χ4v) is 1.68. The molecule has 0 saturated carbocycles. The van der Waals surface area contributed by atoms with Gasteiger partial charge in [-0.1, -0.05) is 13.2 Å². The molecule has 196 valence electrons. The number of halogens is 4. The quantitative estimate of drug-likeness (QED) is 0.0908. The molecule has 0 heterocycles. The van der Waals surface area contributed by atoms with Crippen molar-refractivity contribution in [1.29, 1.82) is 0 Å². The fourth-order valence-electron chi connectivity index (χ4n) is 1.68. The number of alkyl halides is 4. The molecule has 0 unspecified atom stereocenters. The van der Waals surface area contributed by atoms with Crippen LogP contribution in [-0.2, 0) is 57.2 Å². The Bertz CT molecular complexity index is 759. The van der Waals surface area contributed by atoms with Gasteiger partial charge >= 0.3 is 47.7 Å². The molecule has 12 nitrogen and oxygen atoms in total. The van der Waals surface area contributed by atoms with E-state index in [0.29, 0.717) is 0 Å². The molecule has 16 heteroatoms. The van der Waals surface area contributed by atoms with Gasteiger partial charge in [-0.2, -0.15) is 17.6 Å². The standard InChI is InChI=1S/C19H20F4O12/c1-3-12(24)30-5-7-32-14(26)9-34-16(28)18(20,21)11-19(22,23)17(29)35-10-15(27)33-8-6-31-13(25)4-2/h3-4H,1-2,5-11H2. The van der Waals surface area contributed by atoms with E-state index in [2.05, 4.69) is 41.6 Å². The number of carbonyl (C=O) groups is 6. The third-order valence-electron chi connectivity index (χ3n) is 3.20. The average molecular weight is 516 g/mol. The van der Waals surface area contributed by atoms with E-state index in [1.807, 2.05) is 0 Å². The first-order chi connectivity index (χ1) is 16.2. The van der Waals surface area contributed by atoms with Crippen molar-refractivity contribution in [3.05, 3.63) is 25.3 Å². The molecule has 0 bridgehead atoms. The van der Waals surface area contributed by atoms with E-state index in [1.54, 1.807) is 0 Å². The number of ether oxygens (including phenoxy) is 6. The molecule has 0 aliphatic carbocycles. The van der Waals surface area contributed by atoms with Crippen LogP contribution in [0, 0.1) is 0 Å². The minimum absolute atomic E-state index is 0.425. The monoisotopic (exact) mass is 516 g/mol. The van der Waals surface area contributed by atoms with E-state index in [-0.39, 0.29) is 0 Å². The van der Waals surface area contributed by atoms with Crippen molar-refractivity contribution in [2.45, 2.75) is 18.3 Å². The number of hydrogen-bond donors (Lipinski definition) is 0. The highest BCUT2D eigenvalue weighted by molar-refractivity contribution is 5.85. The summed E-state index contributed by atoms with van der Waals surface area (Å²) in [6.07, 6.45) is -1.07. The minimum Gasteiger partial charge on any atom is -0.460 e. The maximum atomic E-state index is 13.7. The molecule has 0 fully saturated rings. The minimum atomic E-state index is -4.95. The van der Waals surface area contributed by atoms with E-state index in [4.69, 9.17) is 0 Å². The largest absolute Gasteiger partial charge is 0.460 e. The zero-order valence-electron chi connectivity index (χ0n) is 17.9. The van der Waals surface area contributed by atoms with Gasteiger partial charge in [-0.15, -0.1) is 0 Å². The predicted molar refractivity (Wildman–Crippen MR) is 101 cm³/mol. The number of rotatable bonds is 16. The van der Waals surface area contributed by atoms with Crippen LogP contribution in [0.3, 0.4) is 0 Å². The van der Waals surface area contributed by atoms with Crippen molar-refractivity contribution in [2.24, 2.45) is 0 Å². The summed E-state index contributed by atoms with van der Waals surface area (Å²) < 4.78 is 80.3. The van der Waals surface area contributed by atoms with Gasteiger partial charge in [0, 0.05) is 12.2 Å². The highest BCUT2D eigenvalue weighted by atomic mass is 19.3. The Kier molecular flexibility index (Phi) is 13.3. The van der Waals surface area contributed by atoms with E-state index in [1.165, 1.54) is 0 Å². The zero-order chi connectivity index (χ0) is 27.1. The van der Waals surface area contributed by atoms with E-state index >= 15 is 0 Å². The molecule has 0 aliphatic rings. The average Bonchev–Trinajstić information content (AvgIpc) is 2.79. The molecule has 0 aromatic heterocycles. The first kappa shape index (κ1) is 31.0. The van der Waals surface area contributed by atoms with Crippen LogP contribution in [0.2, 0.25) is 0 Å². The maximum absolute atomic E-state index is 13.7. The molecule has 0 N–H and O–H groups in total. The van der Waals surface area contributed by atoms with Gasteiger partial charge in [-0.05, 0) is 0 Å². The molecule has 0 atom stereocenters. The SMILES string of the molecule is C=CC(=O)OCCOC(=O)COC(=O)C(F)(F)CC(F)(F)C(=O)OCC(=O)OCCOC(=O)C=C. The topological polar surface area (TPSA) is 158 Å². The van der Waals surface area contributed by atoms with Crippen molar-refractivity contribution in [3.8, 4) is 0 Å². The summed E-state index contributed by atoms with van der Waals surface area (Å²) >= 11 is 0. The zero-order valence-corrected chi connectivity index (χ0v) is 17.9. The predicted octanol–water partition coefficient (Wildman–Crippen LogP) is 0.278. The summed E-state index contributed by atoms with van der Waals surface area (Å²) in [4.78, 5) is 66.7. The molecule has 0 radical (unpaired) electrons. The second-order valence-corrected chi connectivity index (χ2v) is 5.92. The van der Waals surface area contributed by atoms with Gasteiger partial charge in [0.15, 0.2) is 13.2 Å². The fraction of sp³-hybridized carbons (Fsp3) is 0.474. The van der Waals surface area contributed by atoms with Gasteiger partial charge in [-0.25, -0.2) is 28.8 Å². The molecule has 35 heavy (non-hydrogen) atoms. The van der Waals surface area contributed by atoms with Gasteiger partial charge in [0.1, 0.15) is 26.4 Å². The van der Waals surface area contributed by atoms with Crippen molar-refractivity contribution >= 4 is 35.8 Å². The molecule has 0 amide bonds. The smallest absolute Gasteiger partial charge is 0.377 e. The van der Waals surface area contributed by atoms with Crippen LogP contribution in [0.4, 0.5) is 17.6 Å². The Labute approximate surface area is 194 Å². The van der Waals surface area contributed by atoms with Crippen molar-refractivity contribution < 1.29 is 74.8 Å². The molecule has 0 aromatic rings. The summed E-state index contributed by atoms with van der Waals surface area (Å²) in [5.41, 5.74) is 0. The Morgan fingerprint density at radius 2 is 0.886 bits per heavy atom. The van der Waals surface area contributed by atoms with E-state index in [0.717, 1.165) is 12.2 Å². The molecule has 0 aromatic carbocycles. The van der Waals surface area contributed by atoms with Gasteiger partial charge in [-0.3, -0.25) is 0 Å². The Hall–Kier alpha value is -3.98. The lowest BCUT2D eigenvalue weighted by atomic mass is 10.1. The highest BCUT2D eigenvalue weighted by Crippen LogP contribution is 2.32. The van der Waals surface area contributed by atoms with Crippen LogP contribution in [0.5, 0.6) is 0 Å². The van der Waals surface area contributed by atoms with Crippen LogP contribution in [-0.4, -0.2) is 87.3 Å². The Morgan fingerprint density at radius 3 is 1.20 bits per heavy atom. The molecular weight excluding hydrogens is 496 g/mol. The molecule has 0 rings (SSSR count). The summed E-state index contributed by atoms with van der Waals surface area (Å²) in [6, 6.07) is 0.